The number of halogens is 1. The van der Waals surface area contributed by atoms with Gasteiger partial charge in [-0.25, -0.2) is 0 Å². The van der Waals surface area contributed by atoms with Crippen LogP contribution in [0.15, 0.2) is 0 Å². The van der Waals surface area contributed by atoms with E-state index >= 15 is 0 Å². The Hall–Kier alpha value is 0.347. The maximum absolute atomic E-state index is 5.88. The second kappa shape index (κ2) is 18.7. The van der Waals surface area contributed by atoms with Crippen molar-refractivity contribution < 1.29 is 13.3 Å². The second-order valence-corrected chi connectivity index (χ2v) is 8.43. The van der Waals surface area contributed by atoms with Gasteiger partial charge in [0.25, 0.3) is 0 Å². The molecule has 0 saturated carbocycles. The third-order valence-corrected chi connectivity index (χ3v) is 6.93. The van der Waals surface area contributed by atoms with Crippen LogP contribution in [0.3, 0.4) is 0 Å². The Kier molecular flexibility index (Phi) is 20.8. The van der Waals surface area contributed by atoms with Crippen molar-refractivity contribution in [1.29, 1.82) is 0 Å². The minimum Gasteiger partial charge on any atom is -0.374 e. The van der Waals surface area contributed by atoms with E-state index in [0.717, 1.165) is 19.0 Å². The van der Waals surface area contributed by atoms with Gasteiger partial charge in [-0.15, -0.1) is 12.4 Å². The summed E-state index contributed by atoms with van der Waals surface area (Å²) in [5, 5.41) is 0. The lowest BCUT2D eigenvalue weighted by Crippen LogP contribution is -2.45. The highest BCUT2D eigenvalue weighted by Crippen LogP contribution is 2.20. The topological polar surface area (TPSA) is 53.7 Å². The molecule has 0 amide bonds. The van der Waals surface area contributed by atoms with E-state index in [1.165, 1.54) is 51.4 Å². The van der Waals surface area contributed by atoms with E-state index < -0.39 is 8.80 Å². The fourth-order valence-electron chi connectivity index (χ4n) is 2.72. The number of nitrogens with two attached hydrogens (primary N) is 1. The number of rotatable bonds is 17. The molecule has 0 saturated heterocycles. The molecule has 142 valence electrons. The van der Waals surface area contributed by atoms with Crippen LogP contribution in [0.1, 0.15) is 78.6 Å². The Morgan fingerprint density at radius 2 is 0.957 bits per heavy atom. The van der Waals surface area contributed by atoms with Crippen molar-refractivity contribution >= 4 is 21.2 Å². The monoisotopic (exact) mass is 369 g/mol. The van der Waals surface area contributed by atoms with Gasteiger partial charge in [-0.1, -0.05) is 44.9 Å². The lowest BCUT2D eigenvalue weighted by molar-refractivity contribution is 0.0706. The molecule has 2 N–H and O–H groups in total. The van der Waals surface area contributed by atoms with Crippen LogP contribution in [-0.4, -0.2) is 35.2 Å². The first kappa shape index (κ1) is 25.6. The third-order valence-electron chi connectivity index (χ3n) is 3.78. The molecule has 0 aromatic rings. The van der Waals surface area contributed by atoms with E-state index in [2.05, 4.69) is 0 Å². The van der Waals surface area contributed by atoms with E-state index in [1.54, 1.807) is 0 Å². The van der Waals surface area contributed by atoms with Crippen molar-refractivity contribution in [2.75, 3.05) is 26.4 Å². The van der Waals surface area contributed by atoms with E-state index in [0.29, 0.717) is 19.8 Å². The van der Waals surface area contributed by atoms with Crippen LogP contribution in [0.25, 0.3) is 0 Å². The zero-order valence-corrected chi connectivity index (χ0v) is 17.4. The zero-order valence-electron chi connectivity index (χ0n) is 15.6. The van der Waals surface area contributed by atoms with E-state index in [4.69, 9.17) is 19.0 Å². The molecular weight excluding hydrogens is 330 g/mol. The van der Waals surface area contributed by atoms with Gasteiger partial charge >= 0.3 is 8.80 Å². The molecule has 0 unspecified atom stereocenters. The average Bonchev–Trinajstić information content (AvgIpc) is 2.50. The molecule has 0 atom stereocenters. The summed E-state index contributed by atoms with van der Waals surface area (Å²) in [6, 6.07) is 0.957. The van der Waals surface area contributed by atoms with Crippen LogP contribution < -0.4 is 5.73 Å². The molecule has 0 rings (SSSR count). The molecule has 23 heavy (non-hydrogen) atoms. The second-order valence-electron chi connectivity index (χ2n) is 5.70. The summed E-state index contributed by atoms with van der Waals surface area (Å²) in [5.41, 5.74) is 5.50. The van der Waals surface area contributed by atoms with Gasteiger partial charge in [-0.05, 0) is 40.2 Å². The van der Waals surface area contributed by atoms with Gasteiger partial charge in [0.15, 0.2) is 0 Å². The maximum Gasteiger partial charge on any atom is 0.500 e. The minimum absolute atomic E-state index is 0. The van der Waals surface area contributed by atoms with Gasteiger partial charge in [0.1, 0.15) is 0 Å². The van der Waals surface area contributed by atoms with Crippen molar-refractivity contribution in [1.82, 2.24) is 0 Å². The molecule has 0 bridgehead atoms. The predicted octanol–water partition coefficient (Wildman–Crippen LogP) is 4.93. The first-order chi connectivity index (χ1) is 10.7. The molecule has 0 heterocycles. The van der Waals surface area contributed by atoms with Crippen LogP contribution in [0.2, 0.25) is 6.04 Å². The lowest BCUT2D eigenvalue weighted by atomic mass is 10.1. The number of unbranched alkanes of at least 4 members (excludes halogenated alkanes) is 8. The minimum atomic E-state index is -2.40. The molecule has 0 fully saturated rings. The molecule has 0 aliphatic carbocycles. The van der Waals surface area contributed by atoms with Crippen LogP contribution >= 0.6 is 12.4 Å². The highest BCUT2D eigenvalue weighted by Gasteiger charge is 2.39. The van der Waals surface area contributed by atoms with Crippen LogP contribution in [0.4, 0.5) is 0 Å². The van der Waals surface area contributed by atoms with Gasteiger partial charge in [-0.2, -0.15) is 0 Å². The molecule has 4 nitrogen and oxygen atoms in total. The summed E-state index contributed by atoms with van der Waals surface area (Å²) in [5.74, 6) is 0. The summed E-state index contributed by atoms with van der Waals surface area (Å²) < 4.78 is 17.6. The van der Waals surface area contributed by atoms with Crippen LogP contribution in [0, 0.1) is 0 Å². The van der Waals surface area contributed by atoms with Crippen LogP contribution in [0.5, 0.6) is 0 Å². The Labute approximate surface area is 151 Å². The quantitative estimate of drug-likeness (QED) is 0.292. The molecular formula is C17H40ClNO3Si. The summed E-state index contributed by atoms with van der Waals surface area (Å²) >= 11 is 0. The van der Waals surface area contributed by atoms with Gasteiger partial charge in [0.2, 0.25) is 0 Å². The van der Waals surface area contributed by atoms with Crippen molar-refractivity contribution in [2.24, 2.45) is 5.73 Å². The predicted molar refractivity (Wildman–Crippen MR) is 103 cm³/mol. The van der Waals surface area contributed by atoms with Crippen molar-refractivity contribution in [3.05, 3.63) is 0 Å². The third kappa shape index (κ3) is 14.4. The smallest absolute Gasteiger partial charge is 0.374 e. The Morgan fingerprint density at radius 1 is 0.609 bits per heavy atom. The molecule has 6 heteroatoms. The molecule has 0 aromatic heterocycles. The van der Waals surface area contributed by atoms with Crippen molar-refractivity contribution in [2.45, 2.75) is 84.6 Å². The van der Waals surface area contributed by atoms with Gasteiger partial charge in [-0.3, -0.25) is 0 Å². The highest BCUT2D eigenvalue weighted by molar-refractivity contribution is 6.60. The molecule has 0 aromatic carbocycles. The Morgan fingerprint density at radius 3 is 1.30 bits per heavy atom. The molecule has 0 radical (unpaired) electrons. The molecule has 0 spiro atoms. The van der Waals surface area contributed by atoms with Gasteiger partial charge in [0.05, 0.1) is 0 Å². The lowest BCUT2D eigenvalue weighted by Gasteiger charge is -2.28. The van der Waals surface area contributed by atoms with E-state index in [-0.39, 0.29) is 12.4 Å². The average molecular weight is 370 g/mol. The number of hydrogen-bond donors (Lipinski definition) is 1. The summed E-state index contributed by atoms with van der Waals surface area (Å²) in [7, 11) is -2.40. The fraction of sp³-hybridized carbons (Fsp3) is 1.00. The summed E-state index contributed by atoms with van der Waals surface area (Å²) in [6.45, 7) is 8.92. The first-order valence-electron chi connectivity index (χ1n) is 9.36. The first-order valence-corrected chi connectivity index (χ1v) is 11.3. The zero-order chi connectivity index (χ0) is 16.5. The summed E-state index contributed by atoms with van der Waals surface area (Å²) in [4.78, 5) is 0. The Balaban J connectivity index is 0. The van der Waals surface area contributed by atoms with E-state index in [9.17, 15) is 0 Å². The standard InChI is InChI=1S/C17H39NO3Si.ClH/c1-4-19-22(20-5-2,21-6-3)17-15-13-11-9-7-8-10-12-14-16-18;/h4-18H2,1-3H3;1H. The normalized spacial score (nSPS) is 11.5. The Bertz CT molecular complexity index is 219. The maximum atomic E-state index is 5.88. The summed E-state index contributed by atoms with van der Waals surface area (Å²) in [6.07, 6.45) is 11.6. The molecule has 0 aliphatic heterocycles. The van der Waals surface area contributed by atoms with Gasteiger partial charge in [0, 0.05) is 25.9 Å². The molecule has 0 aliphatic rings. The SMILES string of the molecule is CCO[Si](CCCCCCCCCCCN)(OCC)OCC.Cl. The van der Waals surface area contributed by atoms with Crippen molar-refractivity contribution in [3.8, 4) is 0 Å². The van der Waals surface area contributed by atoms with Crippen LogP contribution in [-0.2, 0) is 13.3 Å². The number of hydrogen-bond acceptors (Lipinski definition) is 4. The van der Waals surface area contributed by atoms with E-state index in [1.807, 2.05) is 20.8 Å². The van der Waals surface area contributed by atoms with Gasteiger partial charge < -0.3 is 19.0 Å². The van der Waals surface area contributed by atoms with Crippen molar-refractivity contribution in [3.63, 3.8) is 0 Å². The highest BCUT2D eigenvalue weighted by atomic mass is 35.5. The largest absolute Gasteiger partial charge is 0.500 e. The fourth-order valence-corrected chi connectivity index (χ4v) is 5.41.